The van der Waals surface area contributed by atoms with Crippen LogP contribution in [-0.2, 0) is 14.8 Å². The average molecular weight is 438 g/mol. The standard InChI is InChI=1S/C19H20ClN3O5S/c1-13-4-7-16(23(25)26)11-18(13)21-19(24)14-3-2-10-22(12-14)29(27,28)17-8-5-15(20)6-9-17/h4-9,11,14H,2-3,10,12H2,1H3,(H,21,24)/t14-/m0/s1. The quantitative estimate of drug-likeness (QED) is 0.567. The first-order chi connectivity index (χ1) is 13.7. The first kappa shape index (κ1) is 21.2. The summed E-state index contributed by atoms with van der Waals surface area (Å²) in [5.41, 5.74) is 0.911. The molecule has 1 saturated heterocycles. The van der Waals surface area contributed by atoms with E-state index in [2.05, 4.69) is 5.32 Å². The van der Waals surface area contributed by atoms with E-state index in [1.165, 1.54) is 40.7 Å². The SMILES string of the molecule is Cc1ccc([N+](=O)[O-])cc1NC(=O)[C@H]1CCCN(S(=O)(=O)c2ccc(Cl)cc2)C1. The van der Waals surface area contributed by atoms with Gasteiger partial charge in [0.2, 0.25) is 15.9 Å². The summed E-state index contributed by atoms with van der Waals surface area (Å²) in [7, 11) is -3.74. The molecule has 2 aromatic carbocycles. The number of anilines is 1. The third-order valence-electron chi connectivity index (χ3n) is 4.90. The minimum atomic E-state index is -3.74. The van der Waals surface area contributed by atoms with E-state index >= 15 is 0 Å². The molecule has 0 bridgehead atoms. The third kappa shape index (κ3) is 4.75. The molecule has 1 N–H and O–H groups in total. The van der Waals surface area contributed by atoms with Crippen molar-refractivity contribution in [3.05, 3.63) is 63.2 Å². The Bertz CT molecular complexity index is 1040. The Morgan fingerprint density at radius 2 is 1.93 bits per heavy atom. The molecule has 0 saturated carbocycles. The minimum absolute atomic E-state index is 0.0464. The number of piperidine rings is 1. The maximum absolute atomic E-state index is 12.9. The normalized spacial score (nSPS) is 17.7. The lowest BCUT2D eigenvalue weighted by Gasteiger charge is -2.31. The van der Waals surface area contributed by atoms with Crippen molar-refractivity contribution >= 4 is 38.9 Å². The van der Waals surface area contributed by atoms with Gasteiger partial charge in [-0.25, -0.2) is 8.42 Å². The second-order valence-electron chi connectivity index (χ2n) is 6.90. The van der Waals surface area contributed by atoms with Crippen molar-refractivity contribution in [3.63, 3.8) is 0 Å². The molecule has 0 radical (unpaired) electrons. The first-order valence-electron chi connectivity index (χ1n) is 9.00. The number of hydrogen-bond acceptors (Lipinski definition) is 5. The predicted octanol–water partition coefficient (Wildman–Crippen LogP) is 3.60. The van der Waals surface area contributed by atoms with E-state index in [0.717, 1.165) is 0 Å². The van der Waals surface area contributed by atoms with Gasteiger partial charge in [0.25, 0.3) is 5.69 Å². The molecule has 0 aromatic heterocycles. The fraction of sp³-hybridized carbons (Fsp3) is 0.316. The van der Waals surface area contributed by atoms with E-state index in [4.69, 9.17) is 11.6 Å². The zero-order chi connectivity index (χ0) is 21.2. The van der Waals surface area contributed by atoms with E-state index in [9.17, 15) is 23.3 Å². The number of non-ortho nitro benzene ring substituents is 1. The molecule has 0 spiro atoms. The van der Waals surface area contributed by atoms with Gasteiger partial charge in [-0.05, 0) is 49.6 Å². The van der Waals surface area contributed by atoms with Crippen LogP contribution in [-0.4, -0.2) is 36.6 Å². The van der Waals surface area contributed by atoms with Crippen molar-refractivity contribution in [2.24, 2.45) is 5.92 Å². The van der Waals surface area contributed by atoms with Crippen LogP contribution in [0.2, 0.25) is 5.02 Å². The van der Waals surface area contributed by atoms with Crippen molar-refractivity contribution < 1.29 is 18.1 Å². The molecule has 1 fully saturated rings. The first-order valence-corrected chi connectivity index (χ1v) is 10.8. The molecule has 1 amide bonds. The Morgan fingerprint density at radius 1 is 1.24 bits per heavy atom. The van der Waals surface area contributed by atoms with Crippen LogP contribution in [0.25, 0.3) is 0 Å². The van der Waals surface area contributed by atoms with Gasteiger partial charge in [0.1, 0.15) is 0 Å². The van der Waals surface area contributed by atoms with Crippen LogP contribution in [0, 0.1) is 23.0 Å². The fourth-order valence-corrected chi connectivity index (χ4v) is 4.87. The summed E-state index contributed by atoms with van der Waals surface area (Å²) in [6, 6.07) is 10.1. The number of nitrogens with one attached hydrogen (secondary N) is 1. The van der Waals surface area contributed by atoms with E-state index < -0.39 is 20.9 Å². The second kappa shape index (κ2) is 8.48. The molecule has 1 aliphatic heterocycles. The minimum Gasteiger partial charge on any atom is -0.325 e. The van der Waals surface area contributed by atoms with Crippen molar-refractivity contribution in [3.8, 4) is 0 Å². The van der Waals surface area contributed by atoms with E-state index in [1.54, 1.807) is 13.0 Å². The van der Waals surface area contributed by atoms with Gasteiger partial charge in [-0.3, -0.25) is 14.9 Å². The summed E-state index contributed by atoms with van der Waals surface area (Å²) in [6.07, 6.45) is 1.07. The Kier molecular flexibility index (Phi) is 6.21. The number of rotatable bonds is 5. The number of nitro groups is 1. The summed E-state index contributed by atoms with van der Waals surface area (Å²) in [4.78, 5) is 23.3. The summed E-state index contributed by atoms with van der Waals surface area (Å²) >= 11 is 5.83. The van der Waals surface area contributed by atoms with Crippen LogP contribution in [0.15, 0.2) is 47.4 Å². The van der Waals surface area contributed by atoms with Crippen LogP contribution in [0.3, 0.4) is 0 Å². The summed E-state index contributed by atoms with van der Waals surface area (Å²) in [5, 5.41) is 14.1. The molecule has 8 nitrogen and oxygen atoms in total. The topological polar surface area (TPSA) is 110 Å². The van der Waals surface area contributed by atoms with Gasteiger partial charge in [0, 0.05) is 30.2 Å². The van der Waals surface area contributed by atoms with E-state index in [0.29, 0.717) is 35.7 Å². The largest absolute Gasteiger partial charge is 0.325 e. The van der Waals surface area contributed by atoms with E-state index in [1.807, 2.05) is 0 Å². The highest BCUT2D eigenvalue weighted by atomic mass is 35.5. The molecule has 29 heavy (non-hydrogen) atoms. The van der Waals surface area contributed by atoms with Crippen LogP contribution in [0.5, 0.6) is 0 Å². The summed E-state index contributed by atoms with van der Waals surface area (Å²) in [6.45, 7) is 2.10. The van der Waals surface area contributed by atoms with Gasteiger partial charge in [-0.15, -0.1) is 0 Å². The Hall–Kier alpha value is -2.49. The summed E-state index contributed by atoms with van der Waals surface area (Å²) < 4.78 is 27.0. The van der Waals surface area contributed by atoms with Crippen molar-refractivity contribution in [1.82, 2.24) is 4.31 Å². The van der Waals surface area contributed by atoms with Crippen LogP contribution in [0.1, 0.15) is 18.4 Å². The van der Waals surface area contributed by atoms with Crippen LogP contribution < -0.4 is 5.32 Å². The maximum Gasteiger partial charge on any atom is 0.271 e. The summed E-state index contributed by atoms with van der Waals surface area (Å²) in [5.74, 6) is -0.908. The average Bonchev–Trinajstić information content (AvgIpc) is 2.70. The molecule has 1 aliphatic rings. The molecular formula is C19H20ClN3O5S. The Labute approximate surface area is 173 Å². The number of nitro benzene ring substituents is 1. The highest BCUT2D eigenvalue weighted by molar-refractivity contribution is 7.89. The van der Waals surface area contributed by atoms with Crippen molar-refractivity contribution in [2.45, 2.75) is 24.7 Å². The fourth-order valence-electron chi connectivity index (χ4n) is 3.22. The van der Waals surface area contributed by atoms with Crippen LogP contribution >= 0.6 is 11.6 Å². The highest BCUT2D eigenvalue weighted by Gasteiger charge is 2.33. The van der Waals surface area contributed by atoms with Gasteiger partial charge in [-0.1, -0.05) is 17.7 Å². The Morgan fingerprint density at radius 3 is 2.59 bits per heavy atom. The van der Waals surface area contributed by atoms with Gasteiger partial charge in [0.05, 0.1) is 21.4 Å². The lowest BCUT2D eigenvalue weighted by Crippen LogP contribution is -2.43. The number of amides is 1. The van der Waals surface area contributed by atoms with Crippen molar-refractivity contribution in [2.75, 3.05) is 18.4 Å². The van der Waals surface area contributed by atoms with E-state index in [-0.39, 0.29) is 23.0 Å². The van der Waals surface area contributed by atoms with Gasteiger partial charge >= 0.3 is 0 Å². The number of aryl methyl sites for hydroxylation is 1. The maximum atomic E-state index is 12.9. The Balaban J connectivity index is 1.75. The lowest BCUT2D eigenvalue weighted by molar-refractivity contribution is -0.384. The molecule has 1 atom stereocenters. The smallest absolute Gasteiger partial charge is 0.271 e. The zero-order valence-electron chi connectivity index (χ0n) is 15.7. The van der Waals surface area contributed by atoms with Crippen molar-refractivity contribution in [1.29, 1.82) is 0 Å². The molecule has 2 aromatic rings. The number of carbonyl (C=O) groups is 1. The van der Waals surface area contributed by atoms with Crippen LogP contribution in [0.4, 0.5) is 11.4 Å². The molecule has 154 valence electrons. The molecule has 0 aliphatic carbocycles. The third-order valence-corrected chi connectivity index (χ3v) is 7.03. The molecular weight excluding hydrogens is 418 g/mol. The lowest BCUT2D eigenvalue weighted by atomic mass is 9.98. The van der Waals surface area contributed by atoms with Gasteiger partial charge < -0.3 is 5.32 Å². The monoisotopic (exact) mass is 437 g/mol. The number of benzene rings is 2. The number of nitrogens with zero attached hydrogens (tertiary/aromatic N) is 2. The number of hydrogen-bond donors (Lipinski definition) is 1. The highest BCUT2D eigenvalue weighted by Crippen LogP contribution is 2.27. The number of halogens is 1. The molecule has 10 heteroatoms. The molecule has 3 rings (SSSR count). The molecule has 1 heterocycles. The molecule has 0 unspecified atom stereocenters. The van der Waals surface area contributed by atoms with Gasteiger partial charge in [0.15, 0.2) is 0 Å². The number of sulfonamides is 1. The predicted molar refractivity (Wildman–Crippen MR) is 109 cm³/mol. The van der Waals surface area contributed by atoms with Gasteiger partial charge in [-0.2, -0.15) is 4.31 Å². The zero-order valence-corrected chi connectivity index (χ0v) is 17.2. The number of carbonyl (C=O) groups excluding carboxylic acids is 1. The second-order valence-corrected chi connectivity index (χ2v) is 9.28.